The summed E-state index contributed by atoms with van der Waals surface area (Å²) in [6.07, 6.45) is 2.89. The molecule has 0 spiro atoms. The normalized spacial score (nSPS) is 19.3. The second-order valence-electron chi connectivity index (χ2n) is 8.19. The zero-order valence-electron chi connectivity index (χ0n) is 17.6. The summed E-state index contributed by atoms with van der Waals surface area (Å²) in [5.74, 6) is 0.180. The van der Waals surface area contributed by atoms with Crippen molar-refractivity contribution in [3.05, 3.63) is 46.3 Å². The van der Waals surface area contributed by atoms with Gasteiger partial charge in [-0.05, 0) is 42.9 Å². The van der Waals surface area contributed by atoms with Crippen LogP contribution in [0.3, 0.4) is 0 Å². The van der Waals surface area contributed by atoms with Crippen molar-refractivity contribution < 1.29 is 14.3 Å². The molecule has 160 valence electrons. The van der Waals surface area contributed by atoms with Gasteiger partial charge in [-0.1, -0.05) is 25.1 Å². The molecule has 1 amide bonds. The Morgan fingerprint density at radius 3 is 2.60 bits per heavy atom. The SMILES string of the molecule is COC(=O)c1c(NC(=O)CN2CCN(c3ccccc3)CC2)sc2c1CC[C@H](C)C2. The molecule has 1 aromatic carbocycles. The first kappa shape index (κ1) is 20.9. The number of carbonyl (C=O) groups is 2. The van der Waals surface area contributed by atoms with Crippen LogP contribution in [-0.2, 0) is 22.4 Å². The maximum Gasteiger partial charge on any atom is 0.341 e. The molecule has 0 bridgehead atoms. The van der Waals surface area contributed by atoms with E-state index in [1.807, 2.05) is 6.07 Å². The van der Waals surface area contributed by atoms with Gasteiger partial charge in [0.15, 0.2) is 0 Å². The molecule has 0 unspecified atom stereocenters. The van der Waals surface area contributed by atoms with E-state index in [0.29, 0.717) is 23.0 Å². The molecule has 1 aliphatic heterocycles. The summed E-state index contributed by atoms with van der Waals surface area (Å²) < 4.78 is 5.01. The third-order valence-corrected chi connectivity index (χ3v) is 7.18. The Kier molecular flexibility index (Phi) is 6.39. The van der Waals surface area contributed by atoms with Crippen molar-refractivity contribution in [2.24, 2.45) is 5.92 Å². The lowest BCUT2D eigenvalue weighted by Gasteiger charge is -2.35. The van der Waals surface area contributed by atoms with E-state index >= 15 is 0 Å². The quantitative estimate of drug-likeness (QED) is 0.741. The van der Waals surface area contributed by atoms with Gasteiger partial charge in [0.1, 0.15) is 5.00 Å². The van der Waals surface area contributed by atoms with E-state index in [-0.39, 0.29) is 11.9 Å². The predicted molar refractivity (Wildman–Crippen MR) is 121 cm³/mol. The van der Waals surface area contributed by atoms with Gasteiger partial charge in [0.2, 0.25) is 5.91 Å². The molecule has 2 heterocycles. The van der Waals surface area contributed by atoms with Crippen molar-refractivity contribution in [3.63, 3.8) is 0 Å². The maximum atomic E-state index is 12.8. The van der Waals surface area contributed by atoms with Crippen LogP contribution < -0.4 is 10.2 Å². The summed E-state index contributed by atoms with van der Waals surface area (Å²) in [7, 11) is 1.40. The number of rotatable bonds is 5. The molecule has 1 saturated heterocycles. The average molecular weight is 428 g/mol. The number of esters is 1. The van der Waals surface area contributed by atoms with E-state index in [4.69, 9.17) is 4.74 Å². The zero-order chi connectivity index (χ0) is 21.1. The summed E-state index contributed by atoms with van der Waals surface area (Å²) in [5.41, 5.74) is 2.85. The number of piperazine rings is 1. The summed E-state index contributed by atoms with van der Waals surface area (Å²) in [6, 6.07) is 10.4. The highest BCUT2D eigenvalue weighted by Gasteiger charge is 2.29. The number of nitrogens with zero attached hydrogens (tertiary/aromatic N) is 2. The van der Waals surface area contributed by atoms with Crippen LogP contribution in [0.5, 0.6) is 0 Å². The maximum absolute atomic E-state index is 12.8. The second kappa shape index (κ2) is 9.18. The molecule has 1 fully saturated rings. The van der Waals surface area contributed by atoms with Gasteiger partial charge in [-0.25, -0.2) is 4.79 Å². The summed E-state index contributed by atoms with van der Waals surface area (Å²) in [6.45, 7) is 6.04. The number of nitrogens with one attached hydrogen (secondary N) is 1. The van der Waals surface area contributed by atoms with Crippen LogP contribution in [0.25, 0.3) is 0 Å². The van der Waals surface area contributed by atoms with Crippen molar-refractivity contribution in [3.8, 4) is 0 Å². The molecule has 4 rings (SSSR count). The van der Waals surface area contributed by atoms with E-state index in [1.54, 1.807) is 0 Å². The van der Waals surface area contributed by atoms with E-state index in [9.17, 15) is 9.59 Å². The molecule has 7 heteroatoms. The van der Waals surface area contributed by atoms with Gasteiger partial charge in [-0.2, -0.15) is 0 Å². The number of thiophene rings is 1. The lowest BCUT2D eigenvalue weighted by Crippen LogP contribution is -2.48. The fraction of sp³-hybridized carbons (Fsp3) is 0.478. The van der Waals surface area contributed by atoms with Crippen LogP contribution in [0.2, 0.25) is 0 Å². The number of fused-ring (bicyclic) bond motifs is 1. The summed E-state index contributed by atoms with van der Waals surface area (Å²) >= 11 is 1.54. The third kappa shape index (κ3) is 4.52. The topological polar surface area (TPSA) is 61.9 Å². The second-order valence-corrected chi connectivity index (χ2v) is 9.30. The number of methoxy groups -OCH3 is 1. The molecular weight excluding hydrogens is 398 g/mol. The molecule has 1 aliphatic carbocycles. The molecule has 6 nitrogen and oxygen atoms in total. The lowest BCUT2D eigenvalue weighted by atomic mass is 9.88. The van der Waals surface area contributed by atoms with Gasteiger partial charge in [0.05, 0.1) is 19.2 Å². The standard InChI is InChI=1S/C23H29N3O3S/c1-16-8-9-18-19(14-16)30-22(21(18)23(28)29-2)24-20(27)15-25-10-12-26(13-11-25)17-6-4-3-5-7-17/h3-7,16H,8-15H2,1-2H3,(H,24,27)/t16-/m0/s1. The third-order valence-electron chi connectivity index (χ3n) is 6.01. The number of carbonyl (C=O) groups excluding carboxylic acids is 2. The van der Waals surface area contributed by atoms with Gasteiger partial charge in [-0.3, -0.25) is 9.69 Å². The minimum Gasteiger partial charge on any atom is -0.465 e. The fourth-order valence-corrected chi connectivity index (χ4v) is 5.74. The smallest absolute Gasteiger partial charge is 0.341 e. The Morgan fingerprint density at radius 1 is 1.17 bits per heavy atom. The fourth-order valence-electron chi connectivity index (χ4n) is 4.33. The van der Waals surface area contributed by atoms with Crippen molar-refractivity contribution in [1.29, 1.82) is 0 Å². The van der Waals surface area contributed by atoms with E-state index in [1.165, 1.54) is 29.0 Å². The van der Waals surface area contributed by atoms with Gasteiger partial charge in [0, 0.05) is 36.7 Å². The molecule has 2 aliphatic rings. The van der Waals surface area contributed by atoms with Crippen LogP contribution in [-0.4, -0.2) is 56.6 Å². The minimum atomic E-state index is -0.353. The van der Waals surface area contributed by atoms with Crippen LogP contribution in [0.15, 0.2) is 30.3 Å². The van der Waals surface area contributed by atoms with Crippen molar-refractivity contribution in [2.75, 3.05) is 50.1 Å². The van der Waals surface area contributed by atoms with Crippen LogP contribution >= 0.6 is 11.3 Å². The highest BCUT2D eigenvalue weighted by atomic mass is 32.1. The van der Waals surface area contributed by atoms with Crippen molar-refractivity contribution in [2.45, 2.75) is 26.2 Å². The van der Waals surface area contributed by atoms with Gasteiger partial charge in [-0.15, -0.1) is 11.3 Å². The van der Waals surface area contributed by atoms with Crippen LogP contribution in [0, 0.1) is 5.92 Å². The molecular formula is C23H29N3O3S. The highest BCUT2D eigenvalue weighted by molar-refractivity contribution is 7.17. The van der Waals surface area contributed by atoms with Crippen LogP contribution in [0.4, 0.5) is 10.7 Å². The first-order valence-electron chi connectivity index (χ1n) is 10.6. The monoisotopic (exact) mass is 427 g/mol. The minimum absolute atomic E-state index is 0.0695. The Morgan fingerprint density at radius 2 is 1.90 bits per heavy atom. The van der Waals surface area contributed by atoms with Gasteiger partial charge >= 0.3 is 5.97 Å². The number of hydrogen-bond donors (Lipinski definition) is 1. The molecule has 1 aromatic heterocycles. The lowest BCUT2D eigenvalue weighted by molar-refractivity contribution is -0.117. The molecule has 0 saturated carbocycles. The van der Waals surface area contributed by atoms with Crippen LogP contribution in [0.1, 0.15) is 34.1 Å². The Labute approximate surface area is 181 Å². The first-order valence-corrected chi connectivity index (χ1v) is 11.4. The molecule has 1 N–H and O–H groups in total. The van der Waals surface area contributed by atoms with Gasteiger partial charge < -0.3 is 15.0 Å². The summed E-state index contributed by atoms with van der Waals surface area (Å²) in [5, 5.41) is 3.66. The van der Waals surface area contributed by atoms with E-state index < -0.39 is 0 Å². The average Bonchev–Trinajstić information content (AvgIpc) is 3.10. The van der Waals surface area contributed by atoms with E-state index in [2.05, 4.69) is 46.3 Å². The Bertz CT molecular complexity index is 904. The number of ether oxygens (including phenoxy) is 1. The van der Waals surface area contributed by atoms with E-state index in [0.717, 1.165) is 51.0 Å². The largest absolute Gasteiger partial charge is 0.465 e. The Balaban J connectivity index is 1.38. The summed E-state index contributed by atoms with van der Waals surface area (Å²) in [4.78, 5) is 30.9. The van der Waals surface area contributed by atoms with Gasteiger partial charge in [0.25, 0.3) is 0 Å². The number of para-hydroxylation sites is 1. The predicted octanol–water partition coefficient (Wildman–Crippen LogP) is 3.42. The molecule has 0 radical (unpaired) electrons. The highest BCUT2D eigenvalue weighted by Crippen LogP contribution is 2.40. The first-order chi connectivity index (χ1) is 14.5. The number of anilines is 2. The van der Waals surface area contributed by atoms with Crippen molar-refractivity contribution >= 4 is 33.9 Å². The van der Waals surface area contributed by atoms with Crippen molar-refractivity contribution in [1.82, 2.24) is 4.90 Å². The number of hydrogen-bond acceptors (Lipinski definition) is 6. The zero-order valence-corrected chi connectivity index (χ0v) is 18.5. The molecule has 2 aromatic rings. The molecule has 1 atom stereocenters. The number of benzene rings is 1. The molecule has 30 heavy (non-hydrogen) atoms. The number of amides is 1. The Hall–Kier alpha value is -2.38.